The number of aromatic nitrogens is 2. The van der Waals surface area contributed by atoms with Crippen LogP contribution in [0.1, 0.15) is 10.4 Å². The summed E-state index contributed by atoms with van der Waals surface area (Å²) in [5.74, 6) is 1.00. The molecule has 0 bridgehead atoms. The number of hydrogen-bond acceptors (Lipinski definition) is 5. The Morgan fingerprint density at radius 3 is 2.63 bits per heavy atom. The van der Waals surface area contributed by atoms with Crippen molar-refractivity contribution >= 4 is 11.3 Å². The van der Waals surface area contributed by atoms with Crippen molar-refractivity contribution in [3.63, 3.8) is 0 Å². The van der Waals surface area contributed by atoms with Gasteiger partial charge in [-0.3, -0.25) is 0 Å². The molecule has 92 valence electrons. The number of thiophene rings is 1. The number of nitrogens with zero attached hydrogens (tertiary/aromatic N) is 3. The molecule has 0 atom stereocenters. The van der Waals surface area contributed by atoms with Crippen LogP contribution < -0.4 is 0 Å². The van der Waals surface area contributed by atoms with Crippen LogP contribution in [0, 0.1) is 18.3 Å². The highest BCUT2D eigenvalue weighted by Crippen LogP contribution is 2.28. The minimum absolute atomic E-state index is 0.446. The van der Waals surface area contributed by atoms with Crippen LogP contribution in [0.2, 0.25) is 0 Å². The first kappa shape index (κ1) is 11.6. The predicted octanol–water partition coefficient (Wildman–Crippen LogP) is 3.65. The summed E-state index contributed by atoms with van der Waals surface area (Å²) in [5.41, 5.74) is 2.10. The van der Waals surface area contributed by atoms with Crippen LogP contribution in [-0.4, -0.2) is 10.1 Å². The van der Waals surface area contributed by atoms with Gasteiger partial charge in [-0.25, -0.2) is 0 Å². The lowest BCUT2D eigenvalue weighted by molar-refractivity contribution is 0.433. The molecule has 0 saturated heterocycles. The zero-order valence-corrected chi connectivity index (χ0v) is 10.9. The van der Waals surface area contributed by atoms with Gasteiger partial charge in [0.2, 0.25) is 5.82 Å². The molecule has 0 aliphatic heterocycles. The summed E-state index contributed by atoms with van der Waals surface area (Å²) >= 11 is 1.34. The zero-order valence-electron chi connectivity index (χ0n) is 10.1. The van der Waals surface area contributed by atoms with Crippen LogP contribution in [0.3, 0.4) is 0 Å². The third-order valence-corrected chi connectivity index (χ3v) is 3.64. The second-order valence-electron chi connectivity index (χ2n) is 4.06. The van der Waals surface area contributed by atoms with Gasteiger partial charge in [0.1, 0.15) is 10.9 Å². The Bertz CT molecular complexity index is 750. The van der Waals surface area contributed by atoms with Crippen molar-refractivity contribution in [2.45, 2.75) is 6.92 Å². The van der Waals surface area contributed by atoms with Crippen LogP contribution in [0.15, 0.2) is 40.9 Å². The summed E-state index contributed by atoms with van der Waals surface area (Å²) in [6, 6.07) is 13.6. The zero-order chi connectivity index (χ0) is 13.2. The Kier molecular flexibility index (Phi) is 2.86. The summed E-state index contributed by atoms with van der Waals surface area (Å²) in [6.45, 7) is 2.03. The fourth-order valence-electron chi connectivity index (χ4n) is 1.66. The predicted molar refractivity (Wildman–Crippen MR) is 72.5 cm³/mol. The third kappa shape index (κ3) is 2.26. The molecule has 3 aromatic rings. The number of rotatable bonds is 2. The van der Waals surface area contributed by atoms with Crippen LogP contribution in [0.5, 0.6) is 0 Å². The first-order chi connectivity index (χ1) is 9.26. The van der Waals surface area contributed by atoms with E-state index in [0.29, 0.717) is 16.6 Å². The minimum Gasteiger partial charge on any atom is -0.333 e. The summed E-state index contributed by atoms with van der Waals surface area (Å²) in [6.07, 6.45) is 0. The molecule has 1 aromatic carbocycles. The van der Waals surface area contributed by atoms with Crippen LogP contribution in [0.4, 0.5) is 0 Å². The largest absolute Gasteiger partial charge is 0.333 e. The molecule has 2 aromatic heterocycles. The van der Waals surface area contributed by atoms with Gasteiger partial charge < -0.3 is 4.52 Å². The van der Waals surface area contributed by atoms with Gasteiger partial charge in [-0.15, -0.1) is 11.3 Å². The van der Waals surface area contributed by atoms with E-state index in [-0.39, 0.29) is 0 Å². The molecule has 0 fully saturated rings. The lowest BCUT2D eigenvalue weighted by Crippen LogP contribution is -1.80. The van der Waals surface area contributed by atoms with E-state index in [1.165, 1.54) is 16.9 Å². The lowest BCUT2D eigenvalue weighted by Gasteiger charge is -1.94. The molecule has 0 spiro atoms. The molecular formula is C14H9N3OS. The van der Waals surface area contributed by atoms with Gasteiger partial charge >= 0.3 is 0 Å². The first-order valence-electron chi connectivity index (χ1n) is 5.67. The molecular weight excluding hydrogens is 258 g/mol. The lowest BCUT2D eigenvalue weighted by atomic mass is 10.1. The smallest absolute Gasteiger partial charge is 0.268 e. The maximum Gasteiger partial charge on any atom is 0.268 e. The number of hydrogen-bond donors (Lipinski definition) is 0. The minimum atomic E-state index is 0.446. The van der Waals surface area contributed by atoms with Crippen LogP contribution >= 0.6 is 11.3 Å². The van der Waals surface area contributed by atoms with E-state index in [0.717, 1.165) is 10.4 Å². The number of nitriles is 1. The van der Waals surface area contributed by atoms with Gasteiger partial charge in [0.05, 0.1) is 4.88 Å². The molecule has 0 aliphatic rings. The van der Waals surface area contributed by atoms with Crippen molar-refractivity contribution in [2.24, 2.45) is 0 Å². The van der Waals surface area contributed by atoms with Gasteiger partial charge in [-0.2, -0.15) is 10.2 Å². The van der Waals surface area contributed by atoms with Gasteiger partial charge in [0.25, 0.3) is 5.89 Å². The molecule has 5 heteroatoms. The number of benzene rings is 1. The highest BCUT2D eigenvalue weighted by molar-refractivity contribution is 7.15. The molecule has 3 rings (SSSR count). The Morgan fingerprint density at radius 1 is 1.16 bits per heavy atom. The normalized spacial score (nSPS) is 10.3. The maximum absolute atomic E-state index is 8.80. The Balaban J connectivity index is 1.95. The van der Waals surface area contributed by atoms with E-state index < -0.39 is 0 Å². The van der Waals surface area contributed by atoms with Crippen molar-refractivity contribution in [3.8, 4) is 28.2 Å². The molecule has 0 unspecified atom stereocenters. The quantitative estimate of drug-likeness (QED) is 0.711. The SMILES string of the molecule is Cc1ccc(-c2noc(-c3ccc(C#N)s3)n2)cc1. The highest BCUT2D eigenvalue weighted by atomic mass is 32.1. The average molecular weight is 267 g/mol. The molecule has 4 nitrogen and oxygen atoms in total. The van der Waals surface area contributed by atoms with Gasteiger partial charge in [0, 0.05) is 5.56 Å². The molecule has 0 N–H and O–H groups in total. The van der Waals surface area contributed by atoms with E-state index in [4.69, 9.17) is 9.78 Å². The first-order valence-corrected chi connectivity index (χ1v) is 6.49. The fraction of sp³-hybridized carbons (Fsp3) is 0.0714. The van der Waals surface area contributed by atoms with Gasteiger partial charge in [0.15, 0.2) is 0 Å². The summed E-state index contributed by atoms with van der Waals surface area (Å²) < 4.78 is 5.23. The van der Waals surface area contributed by atoms with E-state index >= 15 is 0 Å². The van der Waals surface area contributed by atoms with Gasteiger partial charge in [-0.1, -0.05) is 35.0 Å². The van der Waals surface area contributed by atoms with E-state index in [9.17, 15) is 0 Å². The second kappa shape index (κ2) is 4.67. The van der Waals surface area contributed by atoms with Crippen molar-refractivity contribution < 1.29 is 4.52 Å². The second-order valence-corrected chi connectivity index (χ2v) is 5.15. The molecule has 0 saturated carbocycles. The summed E-state index contributed by atoms with van der Waals surface area (Å²) in [5, 5.41) is 12.8. The van der Waals surface area contributed by atoms with E-state index in [2.05, 4.69) is 16.2 Å². The van der Waals surface area contributed by atoms with Crippen LogP contribution in [-0.2, 0) is 0 Å². The Hall–Kier alpha value is -2.45. The average Bonchev–Trinajstić information content (AvgIpc) is 3.08. The van der Waals surface area contributed by atoms with Crippen molar-refractivity contribution in [1.29, 1.82) is 5.26 Å². The fourth-order valence-corrected chi connectivity index (χ4v) is 2.38. The molecule has 0 radical (unpaired) electrons. The maximum atomic E-state index is 8.80. The van der Waals surface area contributed by atoms with E-state index in [1.807, 2.05) is 37.3 Å². The Labute approximate surface area is 113 Å². The van der Waals surface area contributed by atoms with Crippen LogP contribution in [0.25, 0.3) is 22.2 Å². The number of aryl methyl sites for hydroxylation is 1. The third-order valence-electron chi connectivity index (χ3n) is 2.66. The highest BCUT2D eigenvalue weighted by Gasteiger charge is 2.12. The van der Waals surface area contributed by atoms with E-state index in [1.54, 1.807) is 6.07 Å². The standard InChI is InChI=1S/C14H9N3OS/c1-9-2-4-10(5-3-9)13-16-14(18-17-13)12-7-6-11(8-15)19-12/h2-7H,1H3. The Morgan fingerprint density at radius 2 is 1.95 bits per heavy atom. The molecule has 0 aliphatic carbocycles. The van der Waals surface area contributed by atoms with Crippen molar-refractivity contribution in [3.05, 3.63) is 46.8 Å². The monoisotopic (exact) mass is 267 g/mol. The molecule has 0 amide bonds. The summed E-state index contributed by atoms with van der Waals surface area (Å²) in [4.78, 5) is 5.79. The van der Waals surface area contributed by atoms with Crippen molar-refractivity contribution in [1.82, 2.24) is 10.1 Å². The molecule has 19 heavy (non-hydrogen) atoms. The van der Waals surface area contributed by atoms with Crippen molar-refractivity contribution in [2.75, 3.05) is 0 Å². The van der Waals surface area contributed by atoms with Gasteiger partial charge in [-0.05, 0) is 19.1 Å². The molecule has 2 heterocycles. The topological polar surface area (TPSA) is 62.7 Å². The summed E-state index contributed by atoms with van der Waals surface area (Å²) in [7, 11) is 0.